The normalized spacial score (nSPS) is 33.6. The molecule has 4 aliphatic heterocycles. The summed E-state index contributed by atoms with van der Waals surface area (Å²) in [5.74, 6) is 3.44. The molecular formula is C40H58ClN3O3S. The van der Waals surface area contributed by atoms with Gasteiger partial charge in [0.2, 0.25) is 0 Å². The van der Waals surface area contributed by atoms with Crippen molar-refractivity contribution < 1.29 is 14.2 Å². The fraction of sp³-hybridized carbons (Fsp3) is 0.650. The minimum absolute atomic E-state index is 0.0827. The molecule has 3 fully saturated rings. The summed E-state index contributed by atoms with van der Waals surface area (Å²) < 4.78 is 23.6. The number of anilines is 1. The number of benzene rings is 2. The summed E-state index contributed by atoms with van der Waals surface area (Å²) in [4.78, 5) is 2.64. The highest BCUT2D eigenvalue weighted by molar-refractivity contribution is 7.98. The van der Waals surface area contributed by atoms with Gasteiger partial charge < -0.3 is 29.1 Å². The molecule has 0 amide bonds. The van der Waals surface area contributed by atoms with Crippen LogP contribution in [0.5, 0.6) is 5.75 Å². The second kappa shape index (κ2) is 16.4. The number of fused-ring (bicyclic) bond motifs is 3. The zero-order valence-corrected chi connectivity index (χ0v) is 31.4. The first-order chi connectivity index (χ1) is 23.4. The van der Waals surface area contributed by atoms with Gasteiger partial charge in [0.15, 0.2) is 6.29 Å². The zero-order chi connectivity index (χ0) is 33.8. The van der Waals surface area contributed by atoms with Crippen LogP contribution in [0.4, 0.5) is 5.69 Å². The Morgan fingerprint density at radius 1 is 0.958 bits per heavy atom. The Balaban J connectivity index is 0.00000197. The van der Waals surface area contributed by atoms with Crippen LogP contribution in [-0.2, 0) is 15.9 Å². The minimum atomic E-state index is -0.0827. The van der Waals surface area contributed by atoms with Crippen molar-refractivity contribution in [3.05, 3.63) is 64.7 Å². The predicted molar refractivity (Wildman–Crippen MR) is 202 cm³/mol. The maximum atomic E-state index is 6.66. The van der Waals surface area contributed by atoms with Crippen LogP contribution in [0.1, 0.15) is 95.8 Å². The molecule has 264 valence electrons. The summed E-state index contributed by atoms with van der Waals surface area (Å²) in [6.45, 7) is 19.8. The smallest absolute Gasteiger partial charge is 0.161 e. The summed E-state index contributed by atoms with van der Waals surface area (Å²) in [5, 5.41) is 4.74. The van der Waals surface area contributed by atoms with Crippen LogP contribution >= 0.6 is 23.5 Å². The zero-order valence-electron chi connectivity index (χ0n) is 29.8. The molecule has 1 aliphatic carbocycles. The molecule has 2 N–H and O–H groups in total. The largest absolute Gasteiger partial charge is 0.491 e. The summed E-state index contributed by atoms with van der Waals surface area (Å²) in [5.41, 5.74) is 5.98. The van der Waals surface area contributed by atoms with Gasteiger partial charge >= 0.3 is 0 Å². The molecule has 2 bridgehead atoms. The van der Waals surface area contributed by atoms with Gasteiger partial charge in [-0.1, -0.05) is 71.7 Å². The van der Waals surface area contributed by atoms with Crippen molar-refractivity contribution in [1.82, 2.24) is 10.0 Å². The number of nitrogens with one attached hydrogen (secondary N) is 2. The van der Waals surface area contributed by atoms with Gasteiger partial charge in [-0.25, -0.2) is 0 Å². The SMILES string of the molecule is C=C1NSC(C)C(C)CCCC(C2OC3CNCC3O2)C2CCC2CN2CC(c3ccc(Cl)cc3CCC)COc3ccc1cc32.CC. The summed E-state index contributed by atoms with van der Waals surface area (Å²) in [6.07, 6.45) is 8.51. The molecule has 5 aliphatic rings. The summed E-state index contributed by atoms with van der Waals surface area (Å²) >= 11 is 8.30. The molecule has 6 nitrogen and oxygen atoms in total. The van der Waals surface area contributed by atoms with Crippen LogP contribution < -0.4 is 19.7 Å². The molecule has 0 spiro atoms. The van der Waals surface area contributed by atoms with E-state index in [2.05, 4.69) is 78.7 Å². The second-order valence-corrected chi connectivity index (χ2v) is 16.2. The van der Waals surface area contributed by atoms with Gasteiger partial charge in [0.05, 0.1) is 12.3 Å². The third-order valence-corrected chi connectivity index (χ3v) is 12.9. The lowest BCUT2D eigenvalue weighted by Gasteiger charge is -2.46. The standard InChI is InChI=1S/C38H52ClN3O3S.C2H6/c1-5-7-27-16-30(39)12-14-31(27)29-21-42-20-28-10-13-32(28)33(38-44-36-18-40-19-37(36)45-38)9-6-8-23(2)25(4)46-41-24(3)26-11-15-35(43-22-29)34(42)17-26;1-2/h11-12,14-17,23,25,28-29,32-33,36-38,40-41H,3,5-10,13,18-22H2,1-2,4H3;1-2H3. The van der Waals surface area contributed by atoms with E-state index in [1.807, 2.05) is 13.8 Å². The van der Waals surface area contributed by atoms with Gasteiger partial charge in [-0.3, -0.25) is 0 Å². The molecule has 48 heavy (non-hydrogen) atoms. The van der Waals surface area contributed by atoms with E-state index in [1.54, 1.807) is 11.9 Å². The average molecular weight is 696 g/mol. The lowest BCUT2D eigenvalue weighted by molar-refractivity contribution is -0.141. The van der Waals surface area contributed by atoms with Crippen LogP contribution in [0.2, 0.25) is 5.02 Å². The summed E-state index contributed by atoms with van der Waals surface area (Å²) in [7, 11) is 0. The molecule has 7 rings (SSSR count). The molecule has 2 aromatic rings. The predicted octanol–water partition coefficient (Wildman–Crippen LogP) is 9.07. The van der Waals surface area contributed by atoms with Crippen LogP contribution in [0, 0.1) is 23.7 Å². The Kier molecular flexibility index (Phi) is 12.3. The average Bonchev–Trinajstić information content (AvgIpc) is 3.65. The lowest BCUT2D eigenvalue weighted by Crippen LogP contribution is -2.46. The van der Waals surface area contributed by atoms with Gasteiger partial charge in [0, 0.05) is 59.5 Å². The number of hydrogen-bond acceptors (Lipinski definition) is 7. The van der Waals surface area contributed by atoms with Gasteiger partial charge in [-0.2, -0.15) is 0 Å². The molecule has 4 heterocycles. The van der Waals surface area contributed by atoms with E-state index < -0.39 is 0 Å². The fourth-order valence-electron chi connectivity index (χ4n) is 8.45. The van der Waals surface area contributed by atoms with E-state index in [0.717, 1.165) is 67.5 Å². The number of halogens is 1. The molecule has 8 heteroatoms. The van der Waals surface area contributed by atoms with Crippen molar-refractivity contribution in [2.75, 3.05) is 37.7 Å². The Morgan fingerprint density at radius 3 is 2.48 bits per heavy atom. The Morgan fingerprint density at radius 2 is 1.75 bits per heavy atom. The second-order valence-electron chi connectivity index (χ2n) is 14.5. The minimum Gasteiger partial charge on any atom is -0.491 e. The van der Waals surface area contributed by atoms with E-state index in [1.165, 1.54) is 42.5 Å². The van der Waals surface area contributed by atoms with Gasteiger partial charge in [0.25, 0.3) is 0 Å². The van der Waals surface area contributed by atoms with Crippen LogP contribution in [-0.4, -0.2) is 56.5 Å². The monoisotopic (exact) mass is 695 g/mol. The molecule has 2 aromatic carbocycles. The maximum absolute atomic E-state index is 6.66. The number of ether oxygens (including phenoxy) is 3. The van der Waals surface area contributed by atoms with E-state index >= 15 is 0 Å². The van der Waals surface area contributed by atoms with Crippen molar-refractivity contribution >= 4 is 34.9 Å². The molecule has 2 saturated heterocycles. The topological polar surface area (TPSA) is 55.0 Å². The van der Waals surface area contributed by atoms with E-state index in [-0.39, 0.29) is 24.4 Å². The van der Waals surface area contributed by atoms with E-state index in [9.17, 15) is 0 Å². The Labute approximate surface area is 299 Å². The van der Waals surface area contributed by atoms with Gasteiger partial charge in [-0.05, 0) is 103 Å². The third kappa shape index (κ3) is 7.86. The Hall–Kier alpha value is -1.90. The number of rotatable bonds is 4. The van der Waals surface area contributed by atoms with Crippen molar-refractivity contribution in [2.45, 2.75) is 109 Å². The van der Waals surface area contributed by atoms with Crippen molar-refractivity contribution in [1.29, 1.82) is 0 Å². The Bertz CT molecular complexity index is 1380. The first-order valence-corrected chi connectivity index (χ1v) is 20.1. The van der Waals surface area contributed by atoms with Crippen molar-refractivity contribution in [3.8, 4) is 5.75 Å². The third-order valence-electron chi connectivity index (χ3n) is 11.5. The van der Waals surface area contributed by atoms with Crippen molar-refractivity contribution in [2.24, 2.45) is 23.7 Å². The molecule has 0 aromatic heterocycles. The number of aryl methyl sites for hydroxylation is 1. The first kappa shape index (κ1) is 35.9. The van der Waals surface area contributed by atoms with E-state index in [4.69, 9.17) is 25.8 Å². The maximum Gasteiger partial charge on any atom is 0.161 e. The fourth-order valence-corrected chi connectivity index (χ4v) is 9.46. The molecule has 8 atom stereocenters. The molecule has 8 unspecified atom stereocenters. The highest BCUT2D eigenvalue weighted by atomic mass is 35.5. The summed E-state index contributed by atoms with van der Waals surface area (Å²) in [6, 6.07) is 13.1. The van der Waals surface area contributed by atoms with Gasteiger partial charge in [-0.15, -0.1) is 0 Å². The first-order valence-electron chi connectivity index (χ1n) is 18.8. The highest BCUT2D eigenvalue weighted by Gasteiger charge is 2.48. The van der Waals surface area contributed by atoms with Crippen molar-refractivity contribution in [3.63, 3.8) is 0 Å². The van der Waals surface area contributed by atoms with Crippen LogP contribution in [0.25, 0.3) is 5.70 Å². The van der Waals surface area contributed by atoms with E-state index in [0.29, 0.717) is 35.5 Å². The highest BCUT2D eigenvalue weighted by Crippen LogP contribution is 2.48. The van der Waals surface area contributed by atoms with Crippen LogP contribution in [0.15, 0.2) is 43.0 Å². The van der Waals surface area contributed by atoms with Gasteiger partial charge in [0.1, 0.15) is 18.0 Å². The quantitative estimate of drug-likeness (QED) is 0.310. The van der Waals surface area contributed by atoms with Crippen LogP contribution in [0.3, 0.4) is 0 Å². The molecular weight excluding hydrogens is 638 g/mol. The molecule has 0 radical (unpaired) electrons. The molecule has 1 saturated carbocycles. The number of nitrogens with zero attached hydrogens (tertiary/aromatic N) is 1. The number of hydrogen-bond donors (Lipinski definition) is 2. The lowest BCUT2D eigenvalue weighted by atomic mass is 9.65.